The minimum Gasteiger partial charge on any atom is -0.325 e. The number of rotatable bonds is 5. The van der Waals surface area contributed by atoms with Gasteiger partial charge in [-0.25, -0.2) is 0 Å². The van der Waals surface area contributed by atoms with Crippen molar-refractivity contribution < 1.29 is 9.80 Å². The van der Waals surface area contributed by atoms with Gasteiger partial charge in [0.1, 0.15) is 32.7 Å². The van der Waals surface area contributed by atoms with E-state index in [0.29, 0.717) is 0 Å². The largest absolute Gasteiger partial charge is 0.325 e. The molecular weight excluding hydrogens is 280 g/mol. The van der Waals surface area contributed by atoms with Crippen molar-refractivity contribution in [1.82, 2.24) is 0 Å². The summed E-state index contributed by atoms with van der Waals surface area (Å²) in [5.74, 6) is 2.85. The average Bonchev–Trinajstić information content (AvgIpc) is 3.20. The number of piperazine rings is 1. The van der Waals surface area contributed by atoms with E-state index >= 15 is 0 Å². The summed E-state index contributed by atoms with van der Waals surface area (Å²) in [6.07, 6.45) is 9.07. The first-order valence-electron chi connectivity index (χ1n) is 9.73. The van der Waals surface area contributed by atoms with Gasteiger partial charge in [-0.15, -0.1) is 0 Å². The molecule has 2 nitrogen and oxygen atoms in total. The van der Waals surface area contributed by atoms with Crippen LogP contribution in [0, 0.1) is 17.8 Å². The lowest BCUT2D eigenvalue weighted by atomic mass is 9.93. The second-order valence-electron chi connectivity index (χ2n) is 8.09. The molecule has 2 aliphatic carbocycles. The van der Waals surface area contributed by atoms with Crippen LogP contribution in [0.25, 0.3) is 0 Å². The van der Waals surface area contributed by atoms with Crippen LogP contribution in [0.2, 0.25) is 0 Å². The highest BCUT2D eigenvalue weighted by Gasteiger charge is 2.38. The molecule has 0 spiro atoms. The first-order valence-corrected chi connectivity index (χ1v) is 9.73. The van der Waals surface area contributed by atoms with Gasteiger partial charge >= 0.3 is 0 Å². The molecule has 2 N–H and O–H groups in total. The van der Waals surface area contributed by atoms with E-state index in [1.807, 2.05) is 4.90 Å². The van der Waals surface area contributed by atoms with Gasteiger partial charge in [0.25, 0.3) is 0 Å². The summed E-state index contributed by atoms with van der Waals surface area (Å²) >= 11 is 0. The Bertz CT molecular complexity index is 539. The van der Waals surface area contributed by atoms with E-state index in [9.17, 15) is 0 Å². The smallest absolute Gasteiger partial charge is 0.127 e. The second-order valence-corrected chi connectivity index (χ2v) is 8.09. The summed E-state index contributed by atoms with van der Waals surface area (Å²) in [6, 6.07) is 9.29. The number of hydrogen-bond acceptors (Lipinski definition) is 0. The Balaban J connectivity index is 1.23. The van der Waals surface area contributed by atoms with Gasteiger partial charge in [-0.05, 0) is 36.7 Å². The first-order chi connectivity index (χ1) is 11.3. The molecule has 4 rings (SSSR count). The fourth-order valence-corrected chi connectivity index (χ4v) is 5.02. The summed E-state index contributed by atoms with van der Waals surface area (Å²) < 4.78 is 0. The number of aryl methyl sites for hydroxylation is 1. The van der Waals surface area contributed by atoms with Crippen LogP contribution in [-0.4, -0.2) is 32.7 Å². The Labute approximate surface area is 141 Å². The van der Waals surface area contributed by atoms with Gasteiger partial charge in [0, 0.05) is 11.5 Å². The Hall–Kier alpha value is -1.12. The number of allylic oxidation sites excluding steroid dienone is 2. The van der Waals surface area contributed by atoms with Crippen LogP contribution < -0.4 is 9.80 Å². The highest BCUT2D eigenvalue weighted by Crippen LogP contribution is 2.42. The molecule has 1 heterocycles. The third-order valence-corrected chi connectivity index (χ3v) is 6.52. The Morgan fingerprint density at radius 1 is 0.870 bits per heavy atom. The summed E-state index contributed by atoms with van der Waals surface area (Å²) in [6.45, 7) is 10.3. The maximum absolute atomic E-state index is 2.51. The van der Waals surface area contributed by atoms with E-state index in [1.165, 1.54) is 63.2 Å². The molecule has 23 heavy (non-hydrogen) atoms. The Morgan fingerprint density at radius 2 is 1.57 bits per heavy atom. The third-order valence-electron chi connectivity index (χ3n) is 6.52. The SMILES string of the molecule is CCc1ccc(C[NH+]2CC[NH+](C[C@H]3C[C@H]4C=C[C@H]3C4)CC2)cc1. The maximum Gasteiger partial charge on any atom is 0.127 e. The fourth-order valence-electron chi connectivity index (χ4n) is 5.02. The van der Waals surface area contributed by atoms with Gasteiger partial charge in [-0.2, -0.15) is 0 Å². The van der Waals surface area contributed by atoms with Crippen LogP contribution in [-0.2, 0) is 13.0 Å². The molecule has 2 heteroatoms. The summed E-state index contributed by atoms with van der Waals surface area (Å²) in [4.78, 5) is 3.66. The molecule has 3 aliphatic rings. The van der Waals surface area contributed by atoms with Crippen molar-refractivity contribution in [2.24, 2.45) is 17.8 Å². The van der Waals surface area contributed by atoms with E-state index in [-0.39, 0.29) is 0 Å². The van der Waals surface area contributed by atoms with Crippen LogP contribution >= 0.6 is 0 Å². The van der Waals surface area contributed by atoms with E-state index in [0.717, 1.165) is 24.2 Å². The topological polar surface area (TPSA) is 8.88 Å². The quantitative estimate of drug-likeness (QED) is 0.743. The lowest BCUT2D eigenvalue weighted by molar-refractivity contribution is -1.02. The van der Waals surface area contributed by atoms with E-state index < -0.39 is 0 Å². The Morgan fingerprint density at radius 3 is 2.17 bits per heavy atom. The fraction of sp³-hybridized carbons (Fsp3) is 0.619. The van der Waals surface area contributed by atoms with Crippen LogP contribution in [0.4, 0.5) is 0 Å². The van der Waals surface area contributed by atoms with Gasteiger partial charge < -0.3 is 9.80 Å². The molecule has 1 aliphatic heterocycles. The second kappa shape index (κ2) is 6.78. The van der Waals surface area contributed by atoms with Gasteiger partial charge in [0.15, 0.2) is 0 Å². The van der Waals surface area contributed by atoms with Gasteiger partial charge in [0.2, 0.25) is 0 Å². The maximum atomic E-state index is 2.51. The number of benzene rings is 1. The predicted molar refractivity (Wildman–Crippen MR) is 94.6 cm³/mol. The lowest BCUT2D eigenvalue weighted by Gasteiger charge is -2.32. The number of fused-ring (bicyclic) bond motifs is 2. The number of hydrogen-bond donors (Lipinski definition) is 2. The van der Waals surface area contributed by atoms with E-state index in [1.54, 1.807) is 4.90 Å². The van der Waals surface area contributed by atoms with Crippen molar-refractivity contribution in [2.45, 2.75) is 32.7 Å². The molecule has 3 atom stereocenters. The van der Waals surface area contributed by atoms with E-state index in [4.69, 9.17) is 0 Å². The summed E-state index contributed by atoms with van der Waals surface area (Å²) in [5, 5.41) is 0. The lowest BCUT2D eigenvalue weighted by Crippen LogP contribution is -3.27. The molecule has 124 valence electrons. The normalized spacial score (nSPS) is 35.8. The minimum absolute atomic E-state index is 0.926. The van der Waals surface area contributed by atoms with Gasteiger partial charge in [-0.1, -0.05) is 43.3 Å². The summed E-state index contributed by atoms with van der Waals surface area (Å²) in [5.41, 5.74) is 2.97. The molecule has 1 saturated carbocycles. The van der Waals surface area contributed by atoms with Crippen molar-refractivity contribution >= 4 is 0 Å². The van der Waals surface area contributed by atoms with Crippen molar-refractivity contribution in [3.8, 4) is 0 Å². The molecule has 0 radical (unpaired) electrons. The molecule has 0 aromatic heterocycles. The molecule has 0 unspecified atom stereocenters. The highest BCUT2D eigenvalue weighted by molar-refractivity contribution is 5.21. The van der Waals surface area contributed by atoms with Crippen molar-refractivity contribution in [3.63, 3.8) is 0 Å². The van der Waals surface area contributed by atoms with Crippen LogP contribution in [0.3, 0.4) is 0 Å². The first kappa shape index (κ1) is 15.4. The zero-order valence-corrected chi connectivity index (χ0v) is 14.6. The van der Waals surface area contributed by atoms with Crippen molar-refractivity contribution in [1.29, 1.82) is 0 Å². The van der Waals surface area contributed by atoms with Crippen LogP contribution in [0.5, 0.6) is 0 Å². The highest BCUT2D eigenvalue weighted by atomic mass is 15.3. The Kier molecular flexibility index (Phi) is 4.54. The van der Waals surface area contributed by atoms with Gasteiger partial charge in [0.05, 0.1) is 6.54 Å². The zero-order chi connectivity index (χ0) is 15.6. The monoisotopic (exact) mass is 312 g/mol. The predicted octanol–water partition coefficient (Wildman–Crippen LogP) is 0.745. The molecule has 1 saturated heterocycles. The number of quaternary nitrogens is 2. The molecule has 1 aromatic carbocycles. The standard InChI is InChI=1S/C21H30N2/c1-2-17-3-5-18(6-4-17)15-22-9-11-23(12-10-22)16-21-14-19-7-8-20(21)13-19/h3-8,19-21H,2,9-16H2,1H3/p+2/t19-,20-,21+/m0/s1. The van der Waals surface area contributed by atoms with Crippen molar-refractivity contribution in [2.75, 3.05) is 32.7 Å². The molecule has 1 aromatic rings. The zero-order valence-electron chi connectivity index (χ0n) is 14.6. The van der Waals surface area contributed by atoms with E-state index in [2.05, 4.69) is 43.3 Å². The van der Waals surface area contributed by atoms with Crippen LogP contribution in [0.15, 0.2) is 36.4 Å². The molecular formula is C21H32N2+2. The average molecular weight is 313 g/mol. The van der Waals surface area contributed by atoms with Crippen LogP contribution in [0.1, 0.15) is 30.9 Å². The third kappa shape index (κ3) is 3.54. The molecule has 2 bridgehead atoms. The number of nitrogens with one attached hydrogen (secondary N) is 2. The minimum atomic E-state index is 0.926. The molecule has 0 amide bonds. The van der Waals surface area contributed by atoms with Gasteiger partial charge in [-0.3, -0.25) is 0 Å². The molecule has 2 fully saturated rings. The summed E-state index contributed by atoms with van der Waals surface area (Å²) in [7, 11) is 0. The van der Waals surface area contributed by atoms with Crippen molar-refractivity contribution in [3.05, 3.63) is 47.5 Å².